The van der Waals surface area contributed by atoms with Gasteiger partial charge in [-0.2, -0.15) is 12.7 Å². The number of aromatic nitrogens is 1. The summed E-state index contributed by atoms with van der Waals surface area (Å²) in [4.78, 5) is 4.36. The summed E-state index contributed by atoms with van der Waals surface area (Å²) in [6.07, 6.45) is 4.01. The van der Waals surface area contributed by atoms with Gasteiger partial charge in [0, 0.05) is 24.4 Å². The van der Waals surface area contributed by atoms with E-state index in [1.807, 2.05) is 5.38 Å². The Morgan fingerprint density at radius 1 is 1.35 bits per heavy atom. The van der Waals surface area contributed by atoms with E-state index in [9.17, 15) is 8.42 Å². The predicted octanol–water partition coefficient (Wildman–Crippen LogP) is 1.35. The maximum Gasteiger partial charge on any atom is 0.303 e. The van der Waals surface area contributed by atoms with Crippen LogP contribution in [0, 0.1) is 5.92 Å². The summed E-state index contributed by atoms with van der Waals surface area (Å²) >= 11 is 1.37. The number of hydrogen-bond donors (Lipinski definition) is 2. The van der Waals surface area contributed by atoms with E-state index in [4.69, 9.17) is 5.73 Å². The van der Waals surface area contributed by atoms with Crippen LogP contribution in [0.25, 0.3) is 0 Å². The van der Waals surface area contributed by atoms with Gasteiger partial charge in [0.1, 0.15) is 0 Å². The average molecular weight is 316 g/mol. The zero-order valence-corrected chi connectivity index (χ0v) is 12.9. The molecule has 0 atom stereocenters. The van der Waals surface area contributed by atoms with E-state index in [0.717, 1.165) is 18.5 Å². The molecular weight excluding hydrogens is 296 g/mol. The fourth-order valence-corrected chi connectivity index (χ4v) is 4.69. The van der Waals surface area contributed by atoms with Gasteiger partial charge in [-0.05, 0) is 38.1 Å². The minimum absolute atomic E-state index is 0.447. The summed E-state index contributed by atoms with van der Waals surface area (Å²) in [5, 5.41) is 2.43. The van der Waals surface area contributed by atoms with Gasteiger partial charge in [0.2, 0.25) is 0 Å². The lowest BCUT2D eigenvalue weighted by Gasteiger charge is -2.30. The summed E-state index contributed by atoms with van der Waals surface area (Å²) in [6.45, 7) is 1.72. The first-order chi connectivity index (χ1) is 9.58. The molecule has 20 heavy (non-hydrogen) atoms. The van der Waals surface area contributed by atoms with Crippen LogP contribution in [-0.2, 0) is 10.2 Å². The number of piperidine rings is 1. The second-order valence-corrected chi connectivity index (χ2v) is 8.07. The van der Waals surface area contributed by atoms with E-state index in [1.165, 1.54) is 28.5 Å². The van der Waals surface area contributed by atoms with Crippen molar-refractivity contribution in [3.05, 3.63) is 11.1 Å². The van der Waals surface area contributed by atoms with Crippen LogP contribution in [0.1, 0.15) is 37.3 Å². The fraction of sp³-hybridized carbons (Fsp3) is 0.750. The summed E-state index contributed by atoms with van der Waals surface area (Å²) < 4.78 is 28.7. The highest BCUT2D eigenvalue weighted by Gasteiger charge is 2.30. The molecule has 1 aliphatic heterocycles. The smallest absolute Gasteiger partial charge is 0.303 e. The van der Waals surface area contributed by atoms with Crippen LogP contribution < -0.4 is 10.5 Å². The van der Waals surface area contributed by atoms with Crippen LogP contribution in [0.15, 0.2) is 5.38 Å². The fourth-order valence-electron chi connectivity index (χ4n) is 2.46. The lowest BCUT2D eigenvalue weighted by atomic mass is 9.99. The number of thiazole rings is 1. The van der Waals surface area contributed by atoms with Gasteiger partial charge < -0.3 is 5.73 Å². The Morgan fingerprint density at radius 2 is 2.05 bits per heavy atom. The van der Waals surface area contributed by atoms with Crippen LogP contribution >= 0.6 is 11.3 Å². The third kappa shape index (κ3) is 3.13. The highest BCUT2D eigenvalue weighted by atomic mass is 32.2. The first kappa shape index (κ1) is 14.2. The molecule has 1 aliphatic carbocycles. The molecule has 2 heterocycles. The predicted molar refractivity (Wildman–Crippen MR) is 80.0 cm³/mol. The molecule has 1 saturated heterocycles. The van der Waals surface area contributed by atoms with Crippen molar-refractivity contribution in [3.63, 3.8) is 0 Å². The van der Waals surface area contributed by atoms with E-state index in [0.29, 0.717) is 36.6 Å². The molecule has 6 nitrogen and oxygen atoms in total. The maximum atomic E-state index is 12.3. The number of anilines is 1. The quantitative estimate of drug-likeness (QED) is 0.858. The van der Waals surface area contributed by atoms with Crippen molar-refractivity contribution in [2.75, 3.05) is 24.4 Å². The normalized spacial score (nSPS) is 22.1. The SMILES string of the molecule is NCC1CCN(S(=O)(=O)Nc2nc(C3CC3)cs2)CC1. The summed E-state index contributed by atoms with van der Waals surface area (Å²) in [5.74, 6) is 0.993. The molecule has 1 aromatic heterocycles. The highest BCUT2D eigenvalue weighted by Crippen LogP contribution is 2.41. The molecule has 0 radical (unpaired) electrons. The maximum absolute atomic E-state index is 12.3. The first-order valence-corrected chi connectivity index (χ1v) is 9.34. The standard InChI is InChI=1S/C12H20N4O2S2/c13-7-9-3-5-16(6-4-9)20(17,18)15-12-14-11(8-19-12)10-1-2-10/h8-10H,1-7,13H2,(H,14,15). The Labute approximate surface area is 123 Å². The first-order valence-electron chi connectivity index (χ1n) is 7.02. The summed E-state index contributed by atoms with van der Waals surface area (Å²) in [6, 6.07) is 0. The van der Waals surface area contributed by atoms with Gasteiger partial charge in [-0.25, -0.2) is 9.71 Å². The largest absolute Gasteiger partial charge is 0.330 e. The molecule has 3 N–H and O–H groups in total. The molecule has 1 saturated carbocycles. The van der Waals surface area contributed by atoms with Crippen molar-refractivity contribution in [1.29, 1.82) is 0 Å². The van der Waals surface area contributed by atoms with Crippen molar-refractivity contribution < 1.29 is 8.42 Å². The minimum atomic E-state index is -3.47. The van der Waals surface area contributed by atoms with Gasteiger partial charge in [-0.3, -0.25) is 0 Å². The third-order valence-corrected chi connectivity index (χ3v) is 6.38. The molecule has 8 heteroatoms. The Morgan fingerprint density at radius 3 is 2.65 bits per heavy atom. The molecule has 1 aromatic rings. The van der Waals surface area contributed by atoms with Gasteiger partial charge in [-0.15, -0.1) is 11.3 Å². The van der Waals surface area contributed by atoms with Gasteiger partial charge in [0.15, 0.2) is 5.13 Å². The van der Waals surface area contributed by atoms with E-state index in [-0.39, 0.29) is 0 Å². The summed E-state index contributed by atoms with van der Waals surface area (Å²) in [7, 11) is -3.47. The van der Waals surface area contributed by atoms with Crippen molar-refractivity contribution in [3.8, 4) is 0 Å². The second-order valence-electron chi connectivity index (χ2n) is 5.54. The van der Waals surface area contributed by atoms with Gasteiger partial charge >= 0.3 is 10.2 Å². The van der Waals surface area contributed by atoms with Crippen molar-refractivity contribution in [2.24, 2.45) is 11.7 Å². The van der Waals surface area contributed by atoms with Crippen molar-refractivity contribution in [2.45, 2.75) is 31.6 Å². The zero-order valence-electron chi connectivity index (χ0n) is 11.3. The van der Waals surface area contributed by atoms with Crippen LogP contribution in [0.5, 0.6) is 0 Å². The highest BCUT2D eigenvalue weighted by molar-refractivity contribution is 7.90. The topological polar surface area (TPSA) is 88.3 Å². The number of nitrogens with zero attached hydrogens (tertiary/aromatic N) is 2. The molecule has 0 unspecified atom stereocenters. The molecule has 2 aliphatic rings. The van der Waals surface area contributed by atoms with Gasteiger partial charge in [0.05, 0.1) is 5.69 Å². The van der Waals surface area contributed by atoms with E-state index >= 15 is 0 Å². The van der Waals surface area contributed by atoms with Crippen molar-refractivity contribution in [1.82, 2.24) is 9.29 Å². The summed E-state index contributed by atoms with van der Waals surface area (Å²) in [5.41, 5.74) is 6.65. The number of nitrogens with two attached hydrogens (primary N) is 1. The van der Waals surface area contributed by atoms with Crippen LogP contribution in [-0.4, -0.2) is 37.3 Å². The minimum Gasteiger partial charge on any atom is -0.330 e. The molecule has 0 bridgehead atoms. The second kappa shape index (κ2) is 5.59. The monoisotopic (exact) mass is 316 g/mol. The Bertz CT molecular complexity index is 560. The van der Waals surface area contributed by atoms with E-state index in [2.05, 4.69) is 9.71 Å². The average Bonchev–Trinajstić information content (AvgIpc) is 3.20. The van der Waals surface area contributed by atoms with E-state index < -0.39 is 10.2 Å². The lowest BCUT2D eigenvalue weighted by Crippen LogP contribution is -2.42. The number of nitrogens with one attached hydrogen (secondary N) is 1. The molecular formula is C12H20N4O2S2. The molecule has 0 aromatic carbocycles. The Balaban J connectivity index is 1.62. The molecule has 2 fully saturated rings. The lowest BCUT2D eigenvalue weighted by molar-refractivity contribution is 0.280. The zero-order chi connectivity index (χ0) is 14.2. The Hall–Kier alpha value is -0.700. The van der Waals surface area contributed by atoms with E-state index in [1.54, 1.807) is 0 Å². The third-order valence-electron chi connectivity index (χ3n) is 3.98. The van der Waals surface area contributed by atoms with Gasteiger partial charge in [-0.1, -0.05) is 0 Å². The number of hydrogen-bond acceptors (Lipinski definition) is 5. The molecule has 0 amide bonds. The van der Waals surface area contributed by atoms with Crippen molar-refractivity contribution >= 4 is 26.7 Å². The van der Waals surface area contributed by atoms with Crippen LogP contribution in [0.2, 0.25) is 0 Å². The molecule has 0 spiro atoms. The Kier molecular flexibility index (Phi) is 3.98. The molecule has 3 rings (SSSR count). The molecule has 112 valence electrons. The van der Waals surface area contributed by atoms with Gasteiger partial charge in [0.25, 0.3) is 0 Å². The number of rotatable bonds is 5. The van der Waals surface area contributed by atoms with Crippen LogP contribution in [0.4, 0.5) is 5.13 Å². The van der Waals surface area contributed by atoms with Crippen LogP contribution in [0.3, 0.4) is 0 Å².